The molecule has 11 heteroatoms. The third kappa shape index (κ3) is 4.98. The molecule has 1 aliphatic heterocycles. The summed E-state index contributed by atoms with van der Waals surface area (Å²) in [6.45, 7) is 8.28. The van der Waals surface area contributed by atoms with E-state index in [0.717, 1.165) is 24.1 Å². The van der Waals surface area contributed by atoms with Crippen LogP contribution in [0.25, 0.3) is 0 Å². The van der Waals surface area contributed by atoms with Gasteiger partial charge in [0.1, 0.15) is 16.5 Å². The fourth-order valence-corrected chi connectivity index (χ4v) is 5.85. The molecule has 0 amide bonds. The summed E-state index contributed by atoms with van der Waals surface area (Å²) in [5.74, 6) is 1.02. The van der Waals surface area contributed by atoms with E-state index in [-0.39, 0.29) is 27.2 Å². The predicted molar refractivity (Wildman–Crippen MR) is 145 cm³/mol. The van der Waals surface area contributed by atoms with Crippen LogP contribution in [0.5, 0.6) is 5.75 Å². The standard InChI is InChI=1S/C25H29Cl2N5O3S/c1-14(2)36(33,34)20-9-7-6-8-18(20)30-23-17(26)13-28-24(32-23)31-22-19(35-5)12-16-15(21(22)27)10-11-29-25(16,3)4/h6-9,12-14,29H,10-11H2,1-5H3,(H2,28,30,31,32). The van der Waals surface area contributed by atoms with Gasteiger partial charge in [0.2, 0.25) is 5.95 Å². The number of nitrogens with one attached hydrogen (secondary N) is 3. The highest BCUT2D eigenvalue weighted by molar-refractivity contribution is 7.92. The quantitative estimate of drug-likeness (QED) is 0.337. The lowest BCUT2D eigenvalue weighted by Gasteiger charge is -2.35. The molecule has 0 bridgehead atoms. The molecule has 0 saturated heterocycles. The van der Waals surface area contributed by atoms with Crippen molar-refractivity contribution in [3.63, 3.8) is 0 Å². The van der Waals surface area contributed by atoms with Crippen molar-refractivity contribution in [2.45, 2.75) is 49.8 Å². The SMILES string of the molecule is COc1cc2c(c(Cl)c1Nc1ncc(Cl)c(Nc3ccccc3S(=O)(=O)C(C)C)n1)CCNC2(C)C. The molecule has 0 unspecified atom stereocenters. The normalized spacial score (nSPS) is 14.9. The molecule has 3 N–H and O–H groups in total. The van der Waals surface area contributed by atoms with Crippen molar-refractivity contribution in [2.75, 3.05) is 24.3 Å². The smallest absolute Gasteiger partial charge is 0.229 e. The van der Waals surface area contributed by atoms with E-state index in [1.165, 1.54) is 6.20 Å². The zero-order valence-corrected chi connectivity index (χ0v) is 23.1. The maximum atomic E-state index is 12.9. The molecular formula is C25H29Cl2N5O3S. The number of benzene rings is 2. The minimum atomic E-state index is -3.54. The van der Waals surface area contributed by atoms with Crippen LogP contribution in [-0.2, 0) is 21.8 Å². The molecule has 1 aromatic heterocycles. The molecule has 36 heavy (non-hydrogen) atoms. The van der Waals surface area contributed by atoms with Gasteiger partial charge in [0, 0.05) is 12.1 Å². The summed E-state index contributed by atoms with van der Waals surface area (Å²) < 4.78 is 31.4. The molecule has 0 radical (unpaired) electrons. The Morgan fingerprint density at radius 1 is 1.17 bits per heavy atom. The van der Waals surface area contributed by atoms with Crippen molar-refractivity contribution in [3.8, 4) is 5.75 Å². The molecule has 0 aliphatic carbocycles. The van der Waals surface area contributed by atoms with Crippen LogP contribution in [0.3, 0.4) is 0 Å². The van der Waals surface area contributed by atoms with Crippen LogP contribution in [0.2, 0.25) is 10.0 Å². The molecule has 192 valence electrons. The summed E-state index contributed by atoms with van der Waals surface area (Å²) >= 11 is 13.2. The Balaban J connectivity index is 1.72. The fourth-order valence-electron chi connectivity index (χ4n) is 4.17. The first-order chi connectivity index (χ1) is 17.0. The molecule has 0 atom stereocenters. The van der Waals surface area contributed by atoms with Crippen molar-refractivity contribution in [2.24, 2.45) is 0 Å². The highest BCUT2D eigenvalue weighted by Gasteiger charge is 2.31. The van der Waals surface area contributed by atoms with Gasteiger partial charge in [-0.1, -0.05) is 35.3 Å². The van der Waals surface area contributed by atoms with Crippen LogP contribution in [-0.4, -0.2) is 37.3 Å². The summed E-state index contributed by atoms with van der Waals surface area (Å²) in [5.41, 5.74) is 2.77. The van der Waals surface area contributed by atoms with Gasteiger partial charge in [-0.2, -0.15) is 4.98 Å². The Morgan fingerprint density at radius 2 is 1.89 bits per heavy atom. The van der Waals surface area contributed by atoms with E-state index in [1.807, 2.05) is 6.07 Å². The molecule has 2 heterocycles. The van der Waals surface area contributed by atoms with Gasteiger partial charge in [-0.15, -0.1) is 0 Å². The fraction of sp³-hybridized carbons (Fsp3) is 0.360. The Kier molecular flexibility index (Phi) is 7.39. The number of ether oxygens (including phenoxy) is 1. The molecular weight excluding hydrogens is 521 g/mol. The summed E-state index contributed by atoms with van der Waals surface area (Å²) in [4.78, 5) is 8.96. The number of aromatic nitrogens is 2. The molecule has 0 saturated carbocycles. The third-order valence-corrected chi connectivity index (χ3v) is 9.12. The number of sulfone groups is 1. The predicted octanol–water partition coefficient (Wildman–Crippen LogP) is 5.84. The lowest BCUT2D eigenvalue weighted by atomic mass is 9.84. The van der Waals surface area contributed by atoms with Gasteiger partial charge in [-0.25, -0.2) is 13.4 Å². The van der Waals surface area contributed by atoms with Gasteiger partial charge < -0.3 is 20.7 Å². The Bertz CT molecular complexity index is 1410. The van der Waals surface area contributed by atoms with E-state index in [4.69, 9.17) is 27.9 Å². The highest BCUT2D eigenvalue weighted by Crippen LogP contribution is 2.44. The lowest BCUT2D eigenvalue weighted by Crippen LogP contribution is -2.42. The topological polar surface area (TPSA) is 105 Å². The van der Waals surface area contributed by atoms with Crippen molar-refractivity contribution in [3.05, 3.63) is 57.7 Å². The van der Waals surface area contributed by atoms with E-state index in [1.54, 1.807) is 45.2 Å². The second kappa shape index (κ2) is 10.0. The molecule has 0 fully saturated rings. The maximum absolute atomic E-state index is 12.9. The molecule has 3 aromatic rings. The van der Waals surface area contributed by atoms with Gasteiger partial charge in [-0.05, 0) is 63.4 Å². The second-order valence-corrected chi connectivity index (χ2v) is 12.6. The number of halogens is 2. The van der Waals surface area contributed by atoms with Crippen LogP contribution in [0, 0.1) is 0 Å². The molecule has 1 aliphatic rings. The van der Waals surface area contributed by atoms with E-state index in [9.17, 15) is 8.42 Å². The summed E-state index contributed by atoms with van der Waals surface area (Å²) in [6, 6.07) is 8.61. The van der Waals surface area contributed by atoms with Crippen molar-refractivity contribution in [1.29, 1.82) is 0 Å². The van der Waals surface area contributed by atoms with Gasteiger partial charge in [-0.3, -0.25) is 0 Å². The first-order valence-electron chi connectivity index (χ1n) is 11.5. The average molecular weight is 551 g/mol. The van der Waals surface area contributed by atoms with Gasteiger partial charge in [0.05, 0.1) is 34.2 Å². The largest absolute Gasteiger partial charge is 0.495 e. The van der Waals surface area contributed by atoms with Crippen molar-refractivity contribution in [1.82, 2.24) is 15.3 Å². The number of nitrogens with zero attached hydrogens (tertiary/aromatic N) is 2. The van der Waals surface area contributed by atoms with Gasteiger partial charge >= 0.3 is 0 Å². The zero-order chi connectivity index (χ0) is 26.3. The van der Waals surface area contributed by atoms with E-state index in [2.05, 4.69) is 39.8 Å². The summed E-state index contributed by atoms with van der Waals surface area (Å²) in [6.07, 6.45) is 2.20. The number of para-hydroxylation sites is 1. The van der Waals surface area contributed by atoms with E-state index in [0.29, 0.717) is 22.1 Å². The maximum Gasteiger partial charge on any atom is 0.229 e. The minimum Gasteiger partial charge on any atom is -0.495 e. The molecule has 4 rings (SSSR count). The summed E-state index contributed by atoms with van der Waals surface area (Å²) in [5, 5.41) is 9.91. The van der Waals surface area contributed by atoms with Gasteiger partial charge in [0.25, 0.3) is 0 Å². The van der Waals surface area contributed by atoms with Crippen LogP contribution in [0.15, 0.2) is 41.4 Å². The number of methoxy groups -OCH3 is 1. The number of rotatable bonds is 7. The van der Waals surface area contributed by atoms with Crippen LogP contribution >= 0.6 is 23.2 Å². The number of hydrogen-bond acceptors (Lipinski definition) is 8. The van der Waals surface area contributed by atoms with Crippen molar-refractivity contribution < 1.29 is 13.2 Å². The van der Waals surface area contributed by atoms with Crippen LogP contribution in [0.4, 0.5) is 23.1 Å². The highest BCUT2D eigenvalue weighted by atomic mass is 35.5. The second-order valence-electron chi connectivity index (χ2n) is 9.33. The van der Waals surface area contributed by atoms with E-state index >= 15 is 0 Å². The lowest BCUT2D eigenvalue weighted by molar-refractivity contribution is 0.374. The van der Waals surface area contributed by atoms with Crippen LogP contribution in [0.1, 0.15) is 38.8 Å². The average Bonchev–Trinajstić information content (AvgIpc) is 2.83. The van der Waals surface area contributed by atoms with Crippen molar-refractivity contribution >= 4 is 56.2 Å². The first-order valence-corrected chi connectivity index (χ1v) is 13.8. The molecule has 8 nitrogen and oxygen atoms in total. The zero-order valence-electron chi connectivity index (χ0n) is 20.7. The molecule has 2 aromatic carbocycles. The molecule has 0 spiro atoms. The Labute approximate surface area is 221 Å². The van der Waals surface area contributed by atoms with Crippen LogP contribution < -0.4 is 20.7 Å². The number of anilines is 4. The Hall–Kier alpha value is -2.59. The minimum absolute atomic E-state index is 0.166. The van der Waals surface area contributed by atoms with E-state index < -0.39 is 15.1 Å². The first kappa shape index (κ1) is 26.5. The Morgan fingerprint density at radius 3 is 2.58 bits per heavy atom. The number of hydrogen-bond donors (Lipinski definition) is 3. The number of fused-ring (bicyclic) bond motifs is 1. The monoisotopic (exact) mass is 549 g/mol. The van der Waals surface area contributed by atoms with Gasteiger partial charge in [0.15, 0.2) is 15.7 Å². The third-order valence-electron chi connectivity index (χ3n) is 6.21. The summed E-state index contributed by atoms with van der Waals surface area (Å²) in [7, 11) is -1.96.